The van der Waals surface area contributed by atoms with Gasteiger partial charge in [-0.1, -0.05) is 59.8 Å². The second kappa shape index (κ2) is 6.96. The molecule has 0 N–H and O–H groups in total. The van der Waals surface area contributed by atoms with E-state index >= 15 is 0 Å². The normalized spacial score (nSPS) is 34.1. The van der Waals surface area contributed by atoms with Gasteiger partial charge in [-0.2, -0.15) is 0 Å². The third-order valence-electron chi connectivity index (χ3n) is 4.45. The fraction of sp³-hybridized carbons (Fsp3) is 0.667. The molecular formula is C18H25IO4. The van der Waals surface area contributed by atoms with Crippen LogP contribution in [0.25, 0.3) is 0 Å². The van der Waals surface area contributed by atoms with Gasteiger partial charge in [0.15, 0.2) is 6.29 Å². The summed E-state index contributed by atoms with van der Waals surface area (Å²) in [6.45, 7) is 7.98. The Morgan fingerprint density at radius 1 is 1.26 bits per heavy atom. The Hall–Kier alpha value is -0.210. The summed E-state index contributed by atoms with van der Waals surface area (Å²) in [7, 11) is 0. The largest absolute Gasteiger partial charge is 0.374 e. The van der Waals surface area contributed by atoms with Gasteiger partial charge in [-0.25, -0.2) is 0 Å². The molecule has 4 nitrogen and oxygen atoms in total. The lowest BCUT2D eigenvalue weighted by atomic mass is 9.96. The van der Waals surface area contributed by atoms with Gasteiger partial charge in [0.25, 0.3) is 0 Å². The van der Waals surface area contributed by atoms with Crippen molar-refractivity contribution < 1.29 is 18.9 Å². The number of ether oxygens (including phenoxy) is 4. The minimum Gasteiger partial charge on any atom is -0.374 e. The molecule has 0 amide bonds. The number of hydrogen-bond donors (Lipinski definition) is 0. The van der Waals surface area contributed by atoms with E-state index in [0.29, 0.717) is 23.7 Å². The molecule has 4 atom stereocenters. The van der Waals surface area contributed by atoms with Gasteiger partial charge in [-0.05, 0) is 19.4 Å². The molecule has 0 spiro atoms. The standard InChI is InChI=1S/C18H25IO4/c1-13(19)18(12-20-10-14-7-5-4-6-8-14)9-15-16(23-18)21-11-17(2,3)22-15/h4-8,13,15-16H,9-12H2,1-3H3/t13?,15-,16+,18+/m1/s1. The van der Waals surface area contributed by atoms with Gasteiger partial charge in [0.1, 0.15) is 11.7 Å². The van der Waals surface area contributed by atoms with Crippen molar-refractivity contribution in [2.45, 2.75) is 61.3 Å². The van der Waals surface area contributed by atoms with E-state index in [0.717, 1.165) is 6.42 Å². The zero-order valence-electron chi connectivity index (χ0n) is 14.0. The maximum Gasteiger partial charge on any atom is 0.184 e. The van der Waals surface area contributed by atoms with E-state index in [-0.39, 0.29) is 23.6 Å². The molecule has 3 rings (SSSR count). The number of alkyl halides is 1. The fourth-order valence-corrected chi connectivity index (χ4v) is 3.72. The van der Waals surface area contributed by atoms with E-state index in [1.54, 1.807) is 0 Å². The third-order valence-corrected chi connectivity index (χ3v) is 5.58. The first kappa shape index (κ1) is 17.6. The van der Waals surface area contributed by atoms with Crippen molar-refractivity contribution in [1.29, 1.82) is 0 Å². The fourth-order valence-electron chi connectivity index (χ4n) is 3.14. The minimum absolute atomic E-state index is 0.0173. The number of halogens is 1. The van der Waals surface area contributed by atoms with Crippen LogP contribution in [0.4, 0.5) is 0 Å². The Bertz CT molecular complexity index is 519. The maximum absolute atomic E-state index is 6.27. The van der Waals surface area contributed by atoms with Crippen LogP contribution in [-0.4, -0.2) is 40.7 Å². The van der Waals surface area contributed by atoms with Gasteiger partial charge in [-0.15, -0.1) is 0 Å². The Morgan fingerprint density at radius 3 is 2.70 bits per heavy atom. The van der Waals surface area contributed by atoms with Crippen molar-refractivity contribution in [3.05, 3.63) is 35.9 Å². The molecule has 2 aliphatic heterocycles. The van der Waals surface area contributed by atoms with Gasteiger partial charge in [0.05, 0.1) is 25.4 Å². The lowest BCUT2D eigenvalue weighted by molar-refractivity contribution is -0.277. The lowest BCUT2D eigenvalue weighted by Crippen LogP contribution is -2.46. The molecule has 5 heteroatoms. The summed E-state index contributed by atoms with van der Waals surface area (Å²) < 4.78 is 24.6. The van der Waals surface area contributed by atoms with E-state index in [4.69, 9.17) is 18.9 Å². The average Bonchev–Trinajstić information content (AvgIpc) is 2.86. The molecule has 128 valence electrons. The summed E-state index contributed by atoms with van der Waals surface area (Å²) in [4.78, 5) is 0. The van der Waals surface area contributed by atoms with Gasteiger partial charge < -0.3 is 18.9 Å². The van der Waals surface area contributed by atoms with Gasteiger partial charge in [0, 0.05) is 10.3 Å². The van der Waals surface area contributed by atoms with Crippen LogP contribution in [-0.2, 0) is 25.6 Å². The number of rotatable bonds is 5. The molecule has 0 aliphatic carbocycles. The Morgan fingerprint density at radius 2 is 2.00 bits per heavy atom. The van der Waals surface area contributed by atoms with Crippen LogP contribution in [0.2, 0.25) is 0 Å². The van der Waals surface area contributed by atoms with E-state index in [2.05, 4.69) is 55.5 Å². The summed E-state index contributed by atoms with van der Waals surface area (Å²) >= 11 is 2.42. The predicted octanol–water partition coefficient (Wildman–Crippen LogP) is 3.71. The first-order valence-corrected chi connectivity index (χ1v) is 9.38. The molecule has 2 saturated heterocycles. The second-order valence-electron chi connectivity index (χ2n) is 7.08. The molecular weight excluding hydrogens is 407 g/mol. The highest BCUT2D eigenvalue weighted by Gasteiger charge is 2.54. The van der Waals surface area contributed by atoms with Crippen molar-refractivity contribution in [3.63, 3.8) is 0 Å². The summed E-state index contributed by atoms with van der Waals surface area (Å²) in [5.41, 5.74) is 0.568. The first-order valence-electron chi connectivity index (χ1n) is 8.13. The molecule has 23 heavy (non-hydrogen) atoms. The molecule has 0 aromatic heterocycles. The third kappa shape index (κ3) is 4.07. The Labute approximate surface area is 152 Å². The van der Waals surface area contributed by atoms with Crippen LogP contribution in [0, 0.1) is 0 Å². The SMILES string of the molecule is CC(I)[C@@]1(COCc2ccccc2)C[C@H]2OC(C)(C)CO[C@H]2O1. The van der Waals surface area contributed by atoms with E-state index in [1.807, 2.05) is 18.2 Å². The van der Waals surface area contributed by atoms with Crippen LogP contribution in [0.15, 0.2) is 30.3 Å². The zero-order chi connectivity index (χ0) is 16.5. The summed E-state index contributed by atoms with van der Waals surface area (Å²) in [5.74, 6) is 0. The quantitative estimate of drug-likeness (QED) is 0.525. The smallest absolute Gasteiger partial charge is 0.184 e. The number of fused-ring (bicyclic) bond motifs is 1. The first-order chi connectivity index (χ1) is 10.9. The Kier molecular flexibility index (Phi) is 5.33. The molecule has 1 aromatic carbocycles. The number of benzene rings is 1. The average molecular weight is 432 g/mol. The van der Waals surface area contributed by atoms with Gasteiger partial charge >= 0.3 is 0 Å². The minimum atomic E-state index is -0.356. The van der Waals surface area contributed by atoms with Crippen molar-refractivity contribution in [1.82, 2.24) is 0 Å². The molecule has 2 heterocycles. The zero-order valence-corrected chi connectivity index (χ0v) is 16.1. The molecule has 1 unspecified atom stereocenters. The van der Waals surface area contributed by atoms with Crippen molar-refractivity contribution in [3.8, 4) is 0 Å². The summed E-state index contributed by atoms with van der Waals surface area (Å²) in [6.07, 6.45) is 0.511. The van der Waals surface area contributed by atoms with Crippen molar-refractivity contribution in [2.24, 2.45) is 0 Å². The molecule has 0 saturated carbocycles. The van der Waals surface area contributed by atoms with Gasteiger partial charge in [0.2, 0.25) is 0 Å². The highest BCUT2D eigenvalue weighted by atomic mass is 127. The van der Waals surface area contributed by atoms with Crippen LogP contribution >= 0.6 is 22.6 Å². The Balaban J connectivity index is 1.62. The summed E-state index contributed by atoms with van der Waals surface area (Å²) in [5, 5.41) is 0. The van der Waals surface area contributed by atoms with E-state index < -0.39 is 0 Å². The monoisotopic (exact) mass is 432 g/mol. The molecule has 2 fully saturated rings. The summed E-state index contributed by atoms with van der Waals surface area (Å²) in [6, 6.07) is 10.2. The van der Waals surface area contributed by atoms with E-state index in [9.17, 15) is 0 Å². The topological polar surface area (TPSA) is 36.9 Å². The van der Waals surface area contributed by atoms with Gasteiger partial charge in [-0.3, -0.25) is 0 Å². The molecule has 0 radical (unpaired) electrons. The molecule has 0 bridgehead atoms. The maximum atomic E-state index is 6.27. The highest BCUT2D eigenvalue weighted by Crippen LogP contribution is 2.42. The van der Waals surface area contributed by atoms with Crippen molar-refractivity contribution >= 4 is 22.6 Å². The van der Waals surface area contributed by atoms with E-state index in [1.165, 1.54) is 5.56 Å². The second-order valence-corrected chi connectivity index (χ2v) is 8.94. The highest BCUT2D eigenvalue weighted by molar-refractivity contribution is 14.1. The van der Waals surface area contributed by atoms with Crippen LogP contribution in [0.5, 0.6) is 0 Å². The molecule has 2 aliphatic rings. The van der Waals surface area contributed by atoms with Crippen LogP contribution in [0.1, 0.15) is 32.8 Å². The lowest BCUT2D eigenvalue weighted by Gasteiger charge is -2.36. The molecule has 1 aromatic rings. The predicted molar refractivity (Wildman–Crippen MR) is 96.7 cm³/mol. The number of hydrogen-bond acceptors (Lipinski definition) is 4. The van der Waals surface area contributed by atoms with Crippen LogP contribution in [0.3, 0.4) is 0 Å². The van der Waals surface area contributed by atoms with Crippen LogP contribution < -0.4 is 0 Å². The van der Waals surface area contributed by atoms with Crippen molar-refractivity contribution in [2.75, 3.05) is 13.2 Å².